The van der Waals surface area contributed by atoms with Gasteiger partial charge in [-0.15, -0.1) is 6.58 Å². The molecule has 0 fully saturated rings. The Bertz CT molecular complexity index is 787. The monoisotopic (exact) mass is 337 g/mol. The minimum atomic E-state index is -0.814. The van der Waals surface area contributed by atoms with Gasteiger partial charge in [0.15, 0.2) is 0 Å². The average Bonchev–Trinajstić information content (AvgIpc) is 2.95. The van der Waals surface area contributed by atoms with Crippen molar-refractivity contribution in [3.8, 4) is 0 Å². The Hall–Kier alpha value is -2.85. The fourth-order valence-corrected chi connectivity index (χ4v) is 2.97. The molecule has 0 spiro atoms. The van der Waals surface area contributed by atoms with Crippen LogP contribution in [0.4, 0.5) is 0 Å². The van der Waals surface area contributed by atoms with Gasteiger partial charge in [0.1, 0.15) is 5.69 Å². The highest BCUT2D eigenvalue weighted by atomic mass is 16.5. The van der Waals surface area contributed by atoms with Gasteiger partial charge < -0.3 is 14.4 Å². The van der Waals surface area contributed by atoms with Crippen molar-refractivity contribution >= 4 is 18.1 Å². The van der Waals surface area contributed by atoms with Crippen molar-refractivity contribution in [2.75, 3.05) is 7.11 Å². The second-order valence-electron chi connectivity index (χ2n) is 5.57. The van der Waals surface area contributed by atoms with E-state index in [0.29, 0.717) is 35.5 Å². The molecular weight excluding hydrogens is 314 g/mol. The van der Waals surface area contributed by atoms with Gasteiger partial charge in [-0.1, -0.05) is 61.7 Å². The van der Waals surface area contributed by atoms with Crippen molar-refractivity contribution in [1.82, 2.24) is 4.57 Å². The van der Waals surface area contributed by atoms with E-state index < -0.39 is 12.1 Å². The SMILES string of the molecule is C=CCC(O)c1c(C=C)c(C=C)c(C(=O)OC)n1Cc1ccccc1. The van der Waals surface area contributed by atoms with Gasteiger partial charge in [0.2, 0.25) is 0 Å². The van der Waals surface area contributed by atoms with Crippen molar-refractivity contribution < 1.29 is 14.6 Å². The highest BCUT2D eigenvalue weighted by Gasteiger charge is 2.28. The molecule has 4 heteroatoms. The molecule has 130 valence electrons. The summed E-state index contributed by atoms with van der Waals surface area (Å²) in [5.74, 6) is -0.481. The summed E-state index contributed by atoms with van der Waals surface area (Å²) in [5.41, 5.74) is 3.25. The first kappa shape index (κ1) is 18.5. The summed E-state index contributed by atoms with van der Waals surface area (Å²) in [6.45, 7) is 11.8. The number of aromatic nitrogens is 1. The number of ether oxygens (including phenoxy) is 1. The van der Waals surface area contributed by atoms with E-state index in [1.807, 2.05) is 30.3 Å². The molecule has 0 saturated heterocycles. The van der Waals surface area contributed by atoms with Gasteiger partial charge in [0.05, 0.1) is 18.9 Å². The third kappa shape index (κ3) is 3.64. The third-order valence-electron chi connectivity index (χ3n) is 4.06. The fraction of sp³-hybridized carbons (Fsp3) is 0.190. The molecule has 1 aromatic heterocycles. The van der Waals surface area contributed by atoms with Crippen LogP contribution in [0, 0.1) is 0 Å². The summed E-state index contributed by atoms with van der Waals surface area (Å²) < 4.78 is 6.75. The van der Waals surface area contributed by atoms with E-state index in [-0.39, 0.29) is 0 Å². The van der Waals surface area contributed by atoms with Crippen LogP contribution in [0.15, 0.2) is 56.1 Å². The maximum Gasteiger partial charge on any atom is 0.355 e. The highest BCUT2D eigenvalue weighted by Crippen LogP contribution is 2.33. The second-order valence-corrected chi connectivity index (χ2v) is 5.57. The van der Waals surface area contributed by atoms with Gasteiger partial charge in [-0.2, -0.15) is 0 Å². The third-order valence-corrected chi connectivity index (χ3v) is 4.06. The van der Waals surface area contributed by atoms with Crippen LogP contribution in [0.3, 0.4) is 0 Å². The number of aliphatic hydroxyl groups is 1. The molecule has 1 atom stereocenters. The van der Waals surface area contributed by atoms with Crippen LogP contribution < -0.4 is 0 Å². The molecule has 0 radical (unpaired) electrons. The quantitative estimate of drug-likeness (QED) is 0.580. The van der Waals surface area contributed by atoms with Crippen molar-refractivity contribution in [1.29, 1.82) is 0 Å². The summed E-state index contributed by atoms with van der Waals surface area (Å²) in [6.07, 6.45) is 4.41. The molecule has 25 heavy (non-hydrogen) atoms. The van der Waals surface area contributed by atoms with E-state index in [1.165, 1.54) is 7.11 Å². The highest BCUT2D eigenvalue weighted by molar-refractivity contribution is 5.94. The van der Waals surface area contributed by atoms with E-state index in [1.54, 1.807) is 22.8 Å². The van der Waals surface area contributed by atoms with Gasteiger partial charge in [0, 0.05) is 17.7 Å². The van der Waals surface area contributed by atoms with Crippen molar-refractivity contribution in [2.24, 2.45) is 0 Å². The van der Waals surface area contributed by atoms with Crippen LogP contribution in [-0.2, 0) is 11.3 Å². The first-order valence-electron chi connectivity index (χ1n) is 8.01. The van der Waals surface area contributed by atoms with Crippen LogP contribution in [0.1, 0.15) is 45.4 Å². The number of nitrogens with zero attached hydrogens (tertiary/aromatic N) is 1. The Morgan fingerprint density at radius 1 is 1.20 bits per heavy atom. The molecule has 1 unspecified atom stereocenters. The Kier molecular flexibility index (Phi) is 6.14. The van der Waals surface area contributed by atoms with E-state index in [2.05, 4.69) is 19.7 Å². The summed E-state index contributed by atoms with van der Waals surface area (Å²) >= 11 is 0. The number of aliphatic hydroxyl groups excluding tert-OH is 1. The normalized spacial score (nSPS) is 11.6. The van der Waals surface area contributed by atoms with Gasteiger partial charge in [-0.3, -0.25) is 0 Å². The van der Waals surface area contributed by atoms with Crippen molar-refractivity contribution in [3.05, 3.63) is 84.2 Å². The first-order chi connectivity index (χ1) is 12.1. The molecule has 1 aromatic carbocycles. The summed E-state index contributed by atoms with van der Waals surface area (Å²) in [6, 6.07) is 9.72. The van der Waals surface area contributed by atoms with Crippen LogP contribution in [-0.4, -0.2) is 22.8 Å². The molecule has 2 aromatic rings. The molecule has 0 aliphatic rings. The number of hydrogen-bond donors (Lipinski definition) is 1. The lowest BCUT2D eigenvalue weighted by molar-refractivity contribution is 0.0587. The standard InChI is InChI=1S/C21H23NO3/c1-5-11-18(23)19-16(6-2)17(7-3)20(21(24)25-4)22(19)14-15-12-9-8-10-13-15/h5-10,12-13,18,23H,1-3,11,14H2,4H3. The number of hydrogen-bond acceptors (Lipinski definition) is 3. The first-order valence-corrected chi connectivity index (χ1v) is 8.01. The minimum absolute atomic E-state index is 0.356. The smallest absolute Gasteiger partial charge is 0.355 e. The van der Waals surface area contributed by atoms with E-state index in [9.17, 15) is 9.90 Å². The van der Waals surface area contributed by atoms with Crippen LogP contribution in [0.5, 0.6) is 0 Å². The summed E-state index contributed by atoms with van der Waals surface area (Å²) in [5, 5.41) is 10.7. The largest absolute Gasteiger partial charge is 0.464 e. The lowest BCUT2D eigenvalue weighted by Gasteiger charge is -2.17. The zero-order valence-corrected chi connectivity index (χ0v) is 14.4. The molecule has 0 amide bonds. The van der Waals surface area contributed by atoms with Gasteiger partial charge in [0.25, 0.3) is 0 Å². The molecule has 1 heterocycles. The fourth-order valence-electron chi connectivity index (χ4n) is 2.97. The lowest BCUT2D eigenvalue weighted by atomic mass is 10.0. The van der Waals surface area contributed by atoms with Gasteiger partial charge in [-0.05, 0) is 12.0 Å². The number of carbonyl (C=O) groups excluding carboxylic acids is 1. The van der Waals surface area contributed by atoms with E-state index >= 15 is 0 Å². The molecule has 1 N–H and O–H groups in total. The maximum absolute atomic E-state index is 12.4. The molecule has 4 nitrogen and oxygen atoms in total. The second kappa shape index (κ2) is 8.31. The molecule has 0 aliphatic heterocycles. The van der Waals surface area contributed by atoms with Crippen molar-refractivity contribution in [2.45, 2.75) is 19.1 Å². The number of methoxy groups -OCH3 is 1. The Labute approximate surface area is 148 Å². The van der Waals surface area contributed by atoms with Gasteiger partial charge >= 0.3 is 5.97 Å². The van der Waals surface area contributed by atoms with Gasteiger partial charge in [-0.25, -0.2) is 4.79 Å². The Balaban J connectivity index is 2.76. The number of esters is 1. The molecule has 0 bridgehead atoms. The Morgan fingerprint density at radius 3 is 2.36 bits per heavy atom. The molecular formula is C21H23NO3. The zero-order valence-electron chi connectivity index (χ0n) is 14.4. The minimum Gasteiger partial charge on any atom is -0.464 e. The van der Waals surface area contributed by atoms with Crippen LogP contribution in [0.25, 0.3) is 12.2 Å². The number of rotatable bonds is 8. The molecule has 2 rings (SSSR count). The zero-order chi connectivity index (χ0) is 18.4. The Morgan fingerprint density at radius 2 is 1.84 bits per heavy atom. The molecule has 0 aliphatic carbocycles. The summed E-state index contributed by atoms with van der Waals surface area (Å²) in [4.78, 5) is 12.4. The maximum atomic E-state index is 12.4. The number of benzene rings is 1. The van der Waals surface area contributed by atoms with Crippen molar-refractivity contribution in [3.63, 3.8) is 0 Å². The molecule has 0 saturated carbocycles. The van der Waals surface area contributed by atoms with E-state index in [0.717, 1.165) is 5.56 Å². The average molecular weight is 337 g/mol. The summed E-state index contributed by atoms with van der Waals surface area (Å²) in [7, 11) is 1.34. The lowest BCUT2D eigenvalue weighted by Crippen LogP contribution is -2.16. The van der Waals surface area contributed by atoms with Crippen LogP contribution in [0.2, 0.25) is 0 Å². The van der Waals surface area contributed by atoms with E-state index in [4.69, 9.17) is 4.74 Å². The topological polar surface area (TPSA) is 51.5 Å². The van der Waals surface area contributed by atoms with Crippen LogP contribution >= 0.6 is 0 Å². The predicted octanol–water partition coefficient (Wildman–Crippen LogP) is 4.22. The number of carbonyl (C=O) groups is 1. The predicted molar refractivity (Wildman–Crippen MR) is 101 cm³/mol.